The number of nitrogens with one attached hydrogen (secondary N) is 4. The molecule has 0 aliphatic rings. The van der Waals surface area contributed by atoms with Crippen molar-refractivity contribution in [2.45, 2.75) is 20.8 Å². The molecule has 2 aromatic rings. The van der Waals surface area contributed by atoms with Crippen LogP contribution >= 0.6 is 0 Å². The number of amides is 4. The fourth-order valence-electron chi connectivity index (χ4n) is 2.56. The van der Waals surface area contributed by atoms with Crippen molar-refractivity contribution in [1.29, 1.82) is 0 Å². The molecule has 0 bridgehead atoms. The van der Waals surface area contributed by atoms with E-state index < -0.39 is 0 Å². The molecule has 0 fully saturated rings. The van der Waals surface area contributed by atoms with Crippen molar-refractivity contribution in [1.82, 2.24) is 10.6 Å². The fraction of sp³-hybridized carbons (Fsp3) is 0.250. The Morgan fingerprint density at radius 2 is 1.33 bits per heavy atom. The molecule has 0 atom stereocenters. The summed E-state index contributed by atoms with van der Waals surface area (Å²) in [6.45, 7) is 6.08. The molecule has 0 saturated carbocycles. The highest BCUT2D eigenvalue weighted by Gasteiger charge is 2.07. The second-order valence-electron chi connectivity index (χ2n) is 6.27. The quantitative estimate of drug-likeness (QED) is 0.590. The Labute approximate surface area is 158 Å². The summed E-state index contributed by atoms with van der Waals surface area (Å²) in [4.78, 5) is 34.9. The summed E-state index contributed by atoms with van der Waals surface area (Å²) in [5, 5.41) is 10.8. The summed E-state index contributed by atoms with van der Waals surface area (Å²) >= 11 is 0. The lowest BCUT2D eigenvalue weighted by Crippen LogP contribution is -2.33. The van der Waals surface area contributed by atoms with Crippen molar-refractivity contribution < 1.29 is 14.4 Å². The molecule has 0 aliphatic carbocycles. The zero-order valence-electron chi connectivity index (χ0n) is 15.7. The lowest BCUT2D eigenvalue weighted by Gasteiger charge is -2.10. The molecule has 7 nitrogen and oxygen atoms in total. The highest BCUT2D eigenvalue weighted by Crippen LogP contribution is 2.15. The van der Waals surface area contributed by atoms with E-state index in [1.165, 1.54) is 6.92 Å². The predicted molar refractivity (Wildman–Crippen MR) is 106 cm³/mol. The monoisotopic (exact) mass is 368 g/mol. The third-order valence-corrected chi connectivity index (χ3v) is 3.67. The van der Waals surface area contributed by atoms with Gasteiger partial charge in [0.15, 0.2) is 0 Å². The number of carbonyl (C=O) groups is 3. The first kappa shape index (κ1) is 20.0. The van der Waals surface area contributed by atoms with Crippen LogP contribution in [0.5, 0.6) is 0 Å². The van der Waals surface area contributed by atoms with E-state index in [1.54, 1.807) is 24.3 Å². The van der Waals surface area contributed by atoms with E-state index >= 15 is 0 Å². The first-order valence-corrected chi connectivity index (χ1v) is 8.62. The average Bonchev–Trinajstić information content (AvgIpc) is 2.58. The minimum atomic E-state index is -0.354. The number of benzene rings is 2. The Kier molecular flexibility index (Phi) is 6.93. The van der Waals surface area contributed by atoms with Crippen LogP contribution in [-0.2, 0) is 4.79 Å². The van der Waals surface area contributed by atoms with Gasteiger partial charge in [0.05, 0.1) is 0 Å². The molecule has 2 aromatic carbocycles. The van der Waals surface area contributed by atoms with Gasteiger partial charge in [-0.05, 0) is 61.4 Å². The van der Waals surface area contributed by atoms with E-state index in [1.807, 2.05) is 32.0 Å². The van der Waals surface area contributed by atoms with Gasteiger partial charge in [0.1, 0.15) is 0 Å². The molecule has 7 heteroatoms. The molecule has 0 saturated heterocycles. The highest BCUT2D eigenvalue weighted by atomic mass is 16.2. The van der Waals surface area contributed by atoms with Crippen molar-refractivity contribution >= 4 is 29.2 Å². The van der Waals surface area contributed by atoms with Gasteiger partial charge in [0.2, 0.25) is 5.91 Å². The zero-order chi connectivity index (χ0) is 19.8. The number of urea groups is 1. The maximum Gasteiger partial charge on any atom is 0.323 e. The van der Waals surface area contributed by atoms with E-state index in [0.717, 1.165) is 16.8 Å². The summed E-state index contributed by atoms with van der Waals surface area (Å²) in [5.41, 5.74) is 3.91. The number of carbonyl (C=O) groups excluding carboxylic acids is 3. The van der Waals surface area contributed by atoms with Gasteiger partial charge < -0.3 is 21.3 Å². The maximum atomic E-state index is 12.1. The number of hydrogen-bond acceptors (Lipinski definition) is 3. The SMILES string of the molecule is CC(=O)NCCNC(=O)c1ccc(NC(=O)Nc2cc(C)cc(C)c2)cc1. The van der Waals surface area contributed by atoms with Crippen LogP contribution in [0.25, 0.3) is 0 Å². The normalized spacial score (nSPS) is 10.0. The third kappa shape index (κ3) is 6.81. The van der Waals surface area contributed by atoms with Crippen molar-refractivity contribution in [2.24, 2.45) is 0 Å². The van der Waals surface area contributed by atoms with Crippen LogP contribution in [0.4, 0.5) is 16.2 Å². The Hall–Kier alpha value is -3.35. The maximum absolute atomic E-state index is 12.1. The van der Waals surface area contributed by atoms with E-state index in [9.17, 15) is 14.4 Å². The lowest BCUT2D eigenvalue weighted by atomic mass is 10.1. The summed E-state index contributed by atoms with van der Waals surface area (Å²) in [7, 11) is 0. The molecule has 0 spiro atoms. The largest absolute Gasteiger partial charge is 0.355 e. The van der Waals surface area contributed by atoms with Gasteiger partial charge in [-0.15, -0.1) is 0 Å². The number of aryl methyl sites for hydroxylation is 2. The van der Waals surface area contributed by atoms with Gasteiger partial charge in [-0.25, -0.2) is 4.79 Å². The topological polar surface area (TPSA) is 99.3 Å². The molecule has 142 valence electrons. The molecule has 0 heterocycles. The third-order valence-electron chi connectivity index (χ3n) is 3.67. The molecule has 0 unspecified atom stereocenters. The Morgan fingerprint density at radius 3 is 1.93 bits per heavy atom. The Bertz CT molecular complexity index is 811. The molecule has 27 heavy (non-hydrogen) atoms. The summed E-state index contributed by atoms with van der Waals surface area (Å²) < 4.78 is 0. The Balaban J connectivity index is 1.86. The van der Waals surface area contributed by atoms with Gasteiger partial charge in [-0.3, -0.25) is 9.59 Å². The van der Waals surface area contributed by atoms with Gasteiger partial charge in [-0.1, -0.05) is 6.07 Å². The van der Waals surface area contributed by atoms with Gasteiger partial charge in [-0.2, -0.15) is 0 Å². The summed E-state index contributed by atoms with van der Waals surface area (Å²) in [6, 6.07) is 12.0. The molecular weight excluding hydrogens is 344 g/mol. The van der Waals surface area contributed by atoms with E-state index in [4.69, 9.17) is 0 Å². The lowest BCUT2D eigenvalue weighted by molar-refractivity contribution is -0.118. The van der Waals surface area contributed by atoms with Crippen LogP contribution in [0.15, 0.2) is 42.5 Å². The predicted octanol–water partition coefficient (Wildman–Crippen LogP) is 2.81. The standard InChI is InChI=1S/C20H24N4O3/c1-13-10-14(2)12-18(11-13)24-20(27)23-17-6-4-16(5-7-17)19(26)22-9-8-21-15(3)25/h4-7,10-12H,8-9H2,1-3H3,(H,21,25)(H,22,26)(H2,23,24,27). The van der Waals surface area contributed by atoms with Crippen molar-refractivity contribution in [2.75, 3.05) is 23.7 Å². The minimum absolute atomic E-state index is 0.140. The second-order valence-corrected chi connectivity index (χ2v) is 6.27. The molecule has 0 radical (unpaired) electrons. The van der Waals surface area contributed by atoms with Crippen LogP contribution in [0.2, 0.25) is 0 Å². The van der Waals surface area contributed by atoms with Crippen molar-refractivity contribution in [3.63, 3.8) is 0 Å². The highest BCUT2D eigenvalue weighted by molar-refractivity contribution is 6.00. The molecule has 4 amide bonds. The molecule has 0 aliphatic heterocycles. The first-order chi connectivity index (χ1) is 12.8. The smallest absolute Gasteiger partial charge is 0.323 e. The molecule has 0 aromatic heterocycles. The van der Waals surface area contributed by atoms with Gasteiger partial charge in [0, 0.05) is 37.0 Å². The van der Waals surface area contributed by atoms with Crippen LogP contribution in [0.1, 0.15) is 28.4 Å². The van der Waals surface area contributed by atoms with Crippen LogP contribution in [-0.4, -0.2) is 30.9 Å². The number of anilines is 2. The minimum Gasteiger partial charge on any atom is -0.355 e. The van der Waals surface area contributed by atoms with E-state index in [2.05, 4.69) is 21.3 Å². The van der Waals surface area contributed by atoms with E-state index in [-0.39, 0.29) is 17.8 Å². The molecular formula is C20H24N4O3. The van der Waals surface area contributed by atoms with Crippen LogP contribution in [0.3, 0.4) is 0 Å². The van der Waals surface area contributed by atoms with Crippen molar-refractivity contribution in [3.8, 4) is 0 Å². The zero-order valence-corrected chi connectivity index (χ0v) is 15.7. The number of rotatable bonds is 6. The summed E-state index contributed by atoms with van der Waals surface area (Å²) in [6.07, 6.45) is 0. The molecule has 2 rings (SSSR count). The van der Waals surface area contributed by atoms with Crippen LogP contribution < -0.4 is 21.3 Å². The first-order valence-electron chi connectivity index (χ1n) is 8.62. The summed E-state index contributed by atoms with van der Waals surface area (Å²) in [5.74, 6) is -0.384. The Morgan fingerprint density at radius 1 is 0.778 bits per heavy atom. The van der Waals surface area contributed by atoms with Crippen LogP contribution in [0, 0.1) is 13.8 Å². The van der Waals surface area contributed by atoms with Crippen molar-refractivity contribution in [3.05, 3.63) is 59.2 Å². The second kappa shape index (κ2) is 9.38. The van der Waals surface area contributed by atoms with E-state index in [0.29, 0.717) is 24.3 Å². The fourth-order valence-corrected chi connectivity index (χ4v) is 2.56. The van der Waals surface area contributed by atoms with Gasteiger partial charge in [0.25, 0.3) is 5.91 Å². The number of hydrogen-bond donors (Lipinski definition) is 4. The average molecular weight is 368 g/mol. The molecule has 4 N–H and O–H groups in total. The van der Waals surface area contributed by atoms with Gasteiger partial charge >= 0.3 is 6.03 Å².